The van der Waals surface area contributed by atoms with Crippen LogP contribution in [0.25, 0.3) is 0 Å². The van der Waals surface area contributed by atoms with Gasteiger partial charge in [0.15, 0.2) is 0 Å². The van der Waals surface area contributed by atoms with Crippen molar-refractivity contribution in [2.75, 3.05) is 18.1 Å². The predicted octanol–water partition coefficient (Wildman–Crippen LogP) is 2.23. The van der Waals surface area contributed by atoms with Gasteiger partial charge in [-0.15, -0.1) is 0 Å². The summed E-state index contributed by atoms with van der Waals surface area (Å²) in [5.74, 6) is -1.40. The van der Waals surface area contributed by atoms with Crippen molar-refractivity contribution in [3.05, 3.63) is 42.0 Å². The quantitative estimate of drug-likeness (QED) is 0.629. The molecule has 0 aliphatic carbocycles. The number of carbonyl (C=O) groups excluding carboxylic acids is 2. The van der Waals surface area contributed by atoms with Crippen molar-refractivity contribution in [1.82, 2.24) is 0 Å². The normalized spacial score (nSPS) is 33.2. The van der Waals surface area contributed by atoms with Gasteiger partial charge < -0.3 is 14.4 Å². The van der Waals surface area contributed by atoms with Gasteiger partial charge >= 0.3 is 5.97 Å². The molecule has 1 aromatic carbocycles. The molecule has 4 rings (SSSR count). The average molecular weight is 327 g/mol. The smallest absolute Gasteiger partial charge is 0.312 e. The van der Waals surface area contributed by atoms with E-state index in [1.165, 1.54) is 0 Å². The number of carbonyl (C=O) groups is 2. The van der Waals surface area contributed by atoms with E-state index < -0.39 is 17.4 Å². The maximum absolute atomic E-state index is 13.1. The Bertz CT molecular complexity index is 728. The number of anilines is 1. The number of hydrogen-bond donors (Lipinski definition) is 0. The first-order valence-electron chi connectivity index (χ1n) is 8.47. The van der Waals surface area contributed by atoms with Crippen LogP contribution in [-0.2, 0) is 19.1 Å². The van der Waals surface area contributed by atoms with Crippen LogP contribution < -0.4 is 4.90 Å². The van der Waals surface area contributed by atoms with Crippen molar-refractivity contribution < 1.29 is 19.1 Å². The molecule has 2 saturated heterocycles. The topological polar surface area (TPSA) is 55.8 Å². The van der Waals surface area contributed by atoms with E-state index in [0.717, 1.165) is 17.7 Å². The fourth-order valence-electron chi connectivity index (χ4n) is 4.08. The standard InChI is InChI=1S/C19H21NO4/c1-3-9-23-18(22)15-14-7-8-19(24-14)11-20(17(21)16(15)19)13-6-4-5-12(2)10-13/h4-8,10,14-16H,3,9,11H2,1-2H3/t14-,15?,16+,19-/m1/s1. The third-order valence-corrected chi connectivity index (χ3v) is 5.13. The highest BCUT2D eigenvalue weighted by Crippen LogP contribution is 2.52. The third kappa shape index (κ3) is 2.11. The Labute approximate surface area is 141 Å². The van der Waals surface area contributed by atoms with Gasteiger partial charge in [-0.05, 0) is 31.0 Å². The van der Waals surface area contributed by atoms with Crippen LogP contribution in [0.4, 0.5) is 5.69 Å². The van der Waals surface area contributed by atoms with Gasteiger partial charge in [-0.2, -0.15) is 0 Å². The monoisotopic (exact) mass is 327 g/mol. The van der Waals surface area contributed by atoms with Crippen molar-refractivity contribution in [2.24, 2.45) is 11.8 Å². The summed E-state index contributed by atoms with van der Waals surface area (Å²) >= 11 is 0. The zero-order chi connectivity index (χ0) is 16.9. The molecule has 3 heterocycles. The Kier molecular flexibility index (Phi) is 3.49. The number of rotatable bonds is 4. The molecule has 2 fully saturated rings. The maximum atomic E-state index is 13.1. The number of fused-ring (bicyclic) bond motifs is 1. The number of aryl methyl sites for hydroxylation is 1. The molecule has 1 spiro atoms. The van der Waals surface area contributed by atoms with Gasteiger partial charge in [0.2, 0.25) is 5.91 Å². The lowest BCUT2D eigenvalue weighted by molar-refractivity contribution is -0.152. The number of benzene rings is 1. The molecule has 1 unspecified atom stereocenters. The summed E-state index contributed by atoms with van der Waals surface area (Å²) in [6, 6.07) is 7.83. The number of amides is 1. The molecule has 1 amide bonds. The van der Waals surface area contributed by atoms with Crippen LogP contribution in [-0.4, -0.2) is 36.7 Å². The third-order valence-electron chi connectivity index (χ3n) is 5.13. The molecule has 126 valence electrons. The second-order valence-corrected chi connectivity index (χ2v) is 6.83. The minimum atomic E-state index is -0.693. The van der Waals surface area contributed by atoms with Crippen LogP contribution in [0.5, 0.6) is 0 Å². The number of esters is 1. The minimum Gasteiger partial charge on any atom is -0.465 e. The van der Waals surface area contributed by atoms with E-state index in [9.17, 15) is 9.59 Å². The summed E-state index contributed by atoms with van der Waals surface area (Å²) in [7, 11) is 0. The Hall–Kier alpha value is -2.14. The van der Waals surface area contributed by atoms with Crippen LogP contribution >= 0.6 is 0 Å². The van der Waals surface area contributed by atoms with Gasteiger partial charge in [-0.1, -0.05) is 31.2 Å². The molecule has 5 heteroatoms. The summed E-state index contributed by atoms with van der Waals surface area (Å²) in [5.41, 5.74) is 1.25. The van der Waals surface area contributed by atoms with Crippen molar-refractivity contribution >= 4 is 17.6 Å². The van der Waals surface area contributed by atoms with Gasteiger partial charge in [0, 0.05) is 5.69 Å². The Balaban J connectivity index is 1.65. The molecule has 24 heavy (non-hydrogen) atoms. The average Bonchev–Trinajstić information content (AvgIpc) is 3.21. The van der Waals surface area contributed by atoms with Crippen LogP contribution in [0.15, 0.2) is 36.4 Å². The first-order chi connectivity index (χ1) is 11.6. The lowest BCUT2D eigenvalue weighted by Gasteiger charge is -2.22. The van der Waals surface area contributed by atoms with E-state index in [2.05, 4.69) is 0 Å². The van der Waals surface area contributed by atoms with E-state index in [0.29, 0.717) is 13.2 Å². The SMILES string of the molecule is CCCOC(=O)C1[C@H]2C(=O)N(c3cccc(C)c3)C[C@]23C=C[C@H]1O3. The van der Waals surface area contributed by atoms with Gasteiger partial charge in [-0.25, -0.2) is 0 Å². The van der Waals surface area contributed by atoms with Crippen LogP contribution in [0, 0.1) is 18.8 Å². The zero-order valence-electron chi connectivity index (χ0n) is 13.9. The van der Waals surface area contributed by atoms with E-state index in [1.54, 1.807) is 4.90 Å². The van der Waals surface area contributed by atoms with Gasteiger partial charge in [0.1, 0.15) is 11.5 Å². The van der Waals surface area contributed by atoms with E-state index >= 15 is 0 Å². The molecular formula is C19H21NO4. The Morgan fingerprint density at radius 1 is 1.46 bits per heavy atom. The largest absolute Gasteiger partial charge is 0.465 e. The number of hydrogen-bond acceptors (Lipinski definition) is 4. The Morgan fingerprint density at radius 3 is 3.04 bits per heavy atom. The lowest BCUT2D eigenvalue weighted by atomic mass is 9.77. The summed E-state index contributed by atoms with van der Waals surface area (Å²) in [5, 5.41) is 0. The Morgan fingerprint density at radius 2 is 2.29 bits per heavy atom. The minimum absolute atomic E-state index is 0.0501. The second-order valence-electron chi connectivity index (χ2n) is 6.83. The summed E-state index contributed by atoms with van der Waals surface area (Å²) in [6.45, 7) is 4.77. The molecule has 0 N–H and O–H groups in total. The van der Waals surface area contributed by atoms with Crippen LogP contribution in [0.2, 0.25) is 0 Å². The molecule has 1 aromatic rings. The van der Waals surface area contributed by atoms with Gasteiger partial charge in [0.05, 0.1) is 25.2 Å². The zero-order valence-corrected chi connectivity index (χ0v) is 13.9. The molecule has 0 saturated carbocycles. The number of ether oxygens (including phenoxy) is 2. The molecule has 2 bridgehead atoms. The van der Waals surface area contributed by atoms with E-state index in [1.807, 2.05) is 50.3 Å². The predicted molar refractivity (Wildman–Crippen MR) is 88.5 cm³/mol. The summed E-state index contributed by atoms with van der Waals surface area (Å²) in [4.78, 5) is 27.3. The highest BCUT2D eigenvalue weighted by molar-refractivity contribution is 6.02. The molecule has 4 atom stereocenters. The van der Waals surface area contributed by atoms with E-state index in [4.69, 9.17) is 9.47 Å². The fourth-order valence-corrected chi connectivity index (χ4v) is 4.08. The first kappa shape index (κ1) is 15.4. The fraction of sp³-hybridized carbons (Fsp3) is 0.474. The van der Waals surface area contributed by atoms with Gasteiger partial charge in [0.25, 0.3) is 0 Å². The molecular weight excluding hydrogens is 306 g/mol. The van der Waals surface area contributed by atoms with Crippen molar-refractivity contribution in [2.45, 2.75) is 32.0 Å². The molecule has 3 aliphatic rings. The molecule has 3 aliphatic heterocycles. The first-order valence-corrected chi connectivity index (χ1v) is 8.47. The molecule has 5 nitrogen and oxygen atoms in total. The van der Waals surface area contributed by atoms with E-state index in [-0.39, 0.29) is 18.0 Å². The van der Waals surface area contributed by atoms with Crippen LogP contribution in [0.3, 0.4) is 0 Å². The molecule has 0 radical (unpaired) electrons. The highest BCUT2D eigenvalue weighted by atomic mass is 16.6. The number of nitrogens with zero attached hydrogens (tertiary/aromatic N) is 1. The highest BCUT2D eigenvalue weighted by Gasteiger charge is 2.67. The van der Waals surface area contributed by atoms with Crippen molar-refractivity contribution in [3.63, 3.8) is 0 Å². The van der Waals surface area contributed by atoms with Crippen molar-refractivity contribution in [1.29, 1.82) is 0 Å². The van der Waals surface area contributed by atoms with Crippen molar-refractivity contribution in [3.8, 4) is 0 Å². The maximum Gasteiger partial charge on any atom is 0.312 e. The lowest BCUT2D eigenvalue weighted by Crippen LogP contribution is -2.40. The van der Waals surface area contributed by atoms with Crippen LogP contribution in [0.1, 0.15) is 18.9 Å². The second kappa shape index (κ2) is 5.45. The molecule has 0 aromatic heterocycles. The van der Waals surface area contributed by atoms with Gasteiger partial charge in [-0.3, -0.25) is 9.59 Å². The summed E-state index contributed by atoms with van der Waals surface area (Å²) in [6.07, 6.45) is 4.28. The summed E-state index contributed by atoms with van der Waals surface area (Å²) < 4.78 is 11.4.